The topological polar surface area (TPSA) is 84.4 Å². The van der Waals surface area contributed by atoms with Gasteiger partial charge in [-0.1, -0.05) is 23.2 Å². The van der Waals surface area contributed by atoms with E-state index in [9.17, 15) is 9.59 Å². The van der Waals surface area contributed by atoms with Crippen LogP contribution in [0.3, 0.4) is 0 Å². The Hall–Kier alpha value is -2.12. The second-order valence-corrected chi connectivity index (χ2v) is 8.46. The van der Waals surface area contributed by atoms with Crippen LogP contribution in [-0.2, 0) is 4.74 Å². The van der Waals surface area contributed by atoms with Gasteiger partial charge in [0.25, 0.3) is 5.91 Å². The minimum absolute atomic E-state index is 0.124. The summed E-state index contributed by atoms with van der Waals surface area (Å²) in [4.78, 5) is 34.8. The van der Waals surface area contributed by atoms with Gasteiger partial charge in [-0.25, -0.2) is 14.8 Å². The van der Waals surface area contributed by atoms with Gasteiger partial charge in [0.05, 0.1) is 16.1 Å². The fraction of sp³-hybridized carbons (Fsp3) is 0.474. The van der Waals surface area contributed by atoms with Crippen molar-refractivity contribution in [2.75, 3.05) is 13.1 Å². The number of likely N-dealkylation sites (tertiary alicyclic amines) is 1. The van der Waals surface area contributed by atoms with E-state index in [4.69, 9.17) is 27.9 Å². The molecule has 7 nitrogen and oxygen atoms in total. The lowest BCUT2D eigenvalue weighted by molar-refractivity contribution is 0.0501. The molecule has 3 rings (SSSR count). The van der Waals surface area contributed by atoms with Crippen molar-refractivity contribution in [3.8, 4) is 0 Å². The number of carbonyl (C=O) groups is 2. The molecule has 150 valence electrons. The van der Waals surface area contributed by atoms with Gasteiger partial charge >= 0.3 is 6.09 Å². The molecule has 0 radical (unpaired) electrons. The first-order valence-electron chi connectivity index (χ1n) is 9.03. The second kappa shape index (κ2) is 8.09. The number of amides is 2. The van der Waals surface area contributed by atoms with Crippen molar-refractivity contribution in [2.45, 2.75) is 45.3 Å². The molecule has 1 fully saturated rings. The van der Waals surface area contributed by atoms with Crippen LogP contribution in [0.15, 0.2) is 18.5 Å². The molecule has 0 saturated carbocycles. The van der Waals surface area contributed by atoms with Gasteiger partial charge in [0.15, 0.2) is 0 Å². The number of alkyl carbamates (subject to hydrolysis) is 1. The number of hydrogen-bond donors (Lipinski definition) is 1. The maximum atomic E-state index is 13.1. The largest absolute Gasteiger partial charge is 0.444 e. The van der Waals surface area contributed by atoms with E-state index in [0.29, 0.717) is 34.6 Å². The van der Waals surface area contributed by atoms with Gasteiger partial charge in [-0.3, -0.25) is 4.79 Å². The van der Waals surface area contributed by atoms with Crippen molar-refractivity contribution in [3.05, 3.63) is 34.2 Å². The first-order valence-corrected chi connectivity index (χ1v) is 9.79. The first-order chi connectivity index (χ1) is 13.2. The van der Waals surface area contributed by atoms with E-state index in [1.54, 1.807) is 37.8 Å². The fourth-order valence-electron chi connectivity index (χ4n) is 3.19. The van der Waals surface area contributed by atoms with Gasteiger partial charge in [0, 0.05) is 24.5 Å². The van der Waals surface area contributed by atoms with Crippen LogP contribution >= 0.6 is 23.2 Å². The molecule has 1 aliphatic heterocycles. The monoisotopic (exact) mass is 424 g/mol. The zero-order chi connectivity index (χ0) is 20.5. The lowest BCUT2D eigenvalue weighted by Gasteiger charge is -2.26. The van der Waals surface area contributed by atoms with Crippen molar-refractivity contribution in [2.24, 2.45) is 0 Å². The molecular weight excluding hydrogens is 403 g/mol. The number of nitrogens with zero attached hydrogens (tertiary/aromatic N) is 3. The van der Waals surface area contributed by atoms with Gasteiger partial charge in [-0.05, 0) is 45.7 Å². The quantitative estimate of drug-likeness (QED) is 0.750. The number of rotatable bonds is 3. The standard InChI is InChI=1S/C19H22Cl2N4O3/c1-19(2,3)28-18(27)22-9-11-5-4-6-25(11)17(26)12-8-15-13(7-14(12)20)16(21)24-10-23-15/h7-8,10-11H,4-6,9H2,1-3H3,(H,22,27)/t11-/m0/s1. The molecule has 1 aromatic carbocycles. The Kier molecular flexibility index (Phi) is 5.95. The fourth-order valence-corrected chi connectivity index (χ4v) is 3.63. The third-order valence-electron chi connectivity index (χ3n) is 4.42. The number of carbonyl (C=O) groups excluding carboxylic acids is 2. The summed E-state index contributed by atoms with van der Waals surface area (Å²) in [5, 5.41) is 3.91. The molecule has 2 amide bonds. The van der Waals surface area contributed by atoms with Crippen LogP contribution in [0.1, 0.15) is 44.0 Å². The third-order valence-corrected chi connectivity index (χ3v) is 5.04. The summed E-state index contributed by atoms with van der Waals surface area (Å²) in [6, 6.07) is 3.11. The van der Waals surface area contributed by atoms with Crippen molar-refractivity contribution in [1.82, 2.24) is 20.2 Å². The van der Waals surface area contributed by atoms with Crippen molar-refractivity contribution < 1.29 is 14.3 Å². The summed E-state index contributed by atoms with van der Waals surface area (Å²) in [5.41, 5.74) is 0.334. The van der Waals surface area contributed by atoms with Crippen molar-refractivity contribution in [1.29, 1.82) is 0 Å². The summed E-state index contributed by atoms with van der Waals surface area (Å²) < 4.78 is 5.26. The Morgan fingerprint density at radius 1 is 1.29 bits per heavy atom. The van der Waals surface area contributed by atoms with E-state index in [-0.39, 0.29) is 17.1 Å². The molecular formula is C19H22Cl2N4O3. The molecule has 1 atom stereocenters. The Balaban J connectivity index is 1.75. The SMILES string of the molecule is CC(C)(C)OC(=O)NC[C@@H]1CCCN1C(=O)c1cc2ncnc(Cl)c2cc1Cl. The average Bonchev–Trinajstić information content (AvgIpc) is 3.07. The molecule has 0 spiro atoms. The first kappa shape index (κ1) is 20.6. The van der Waals surface area contributed by atoms with Crippen LogP contribution < -0.4 is 5.32 Å². The zero-order valence-electron chi connectivity index (χ0n) is 16.0. The molecule has 2 aromatic rings. The number of aromatic nitrogens is 2. The number of benzene rings is 1. The van der Waals surface area contributed by atoms with Crippen LogP contribution in [0.4, 0.5) is 4.79 Å². The summed E-state index contributed by atoms with van der Waals surface area (Å²) in [6.07, 6.45) is 2.49. The minimum Gasteiger partial charge on any atom is -0.444 e. The highest BCUT2D eigenvalue weighted by atomic mass is 35.5. The highest BCUT2D eigenvalue weighted by Crippen LogP contribution is 2.29. The van der Waals surface area contributed by atoms with Gasteiger partial charge in [0.2, 0.25) is 0 Å². The molecule has 0 unspecified atom stereocenters. The van der Waals surface area contributed by atoms with E-state index < -0.39 is 11.7 Å². The number of nitrogens with one attached hydrogen (secondary N) is 1. The van der Waals surface area contributed by atoms with Gasteiger partial charge in [-0.15, -0.1) is 0 Å². The summed E-state index contributed by atoms with van der Waals surface area (Å²) in [6.45, 7) is 6.32. The van der Waals surface area contributed by atoms with E-state index in [2.05, 4.69) is 15.3 Å². The normalized spacial score (nSPS) is 17.0. The van der Waals surface area contributed by atoms with E-state index in [1.807, 2.05) is 0 Å². The predicted octanol–water partition coefficient (Wildman–Crippen LogP) is 4.07. The second-order valence-electron chi connectivity index (χ2n) is 7.69. The minimum atomic E-state index is -0.572. The van der Waals surface area contributed by atoms with Crippen LogP contribution in [0, 0.1) is 0 Å². The van der Waals surface area contributed by atoms with Crippen LogP contribution in [0.2, 0.25) is 10.2 Å². The summed E-state index contributed by atoms with van der Waals surface area (Å²) in [5.74, 6) is -0.199. The molecule has 1 N–H and O–H groups in total. The van der Waals surface area contributed by atoms with Crippen LogP contribution in [-0.4, -0.2) is 51.6 Å². The Bertz CT molecular complexity index is 914. The lowest BCUT2D eigenvalue weighted by Crippen LogP contribution is -2.44. The highest BCUT2D eigenvalue weighted by Gasteiger charge is 2.31. The van der Waals surface area contributed by atoms with Crippen molar-refractivity contribution >= 4 is 46.1 Å². The Morgan fingerprint density at radius 3 is 2.75 bits per heavy atom. The molecule has 1 aromatic heterocycles. The molecule has 1 saturated heterocycles. The van der Waals surface area contributed by atoms with E-state index in [1.165, 1.54) is 6.33 Å². The summed E-state index contributed by atoms with van der Waals surface area (Å²) >= 11 is 12.4. The van der Waals surface area contributed by atoms with Gasteiger partial charge < -0.3 is 15.0 Å². The molecule has 2 heterocycles. The summed E-state index contributed by atoms with van der Waals surface area (Å²) in [7, 11) is 0. The molecule has 0 bridgehead atoms. The van der Waals surface area contributed by atoms with Crippen LogP contribution in [0.5, 0.6) is 0 Å². The van der Waals surface area contributed by atoms with Crippen molar-refractivity contribution in [3.63, 3.8) is 0 Å². The van der Waals surface area contributed by atoms with Crippen LogP contribution in [0.25, 0.3) is 10.9 Å². The smallest absolute Gasteiger partial charge is 0.407 e. The lowest BCUT2D eigenvalue weighted by atomic mass is 10.1. The maximum absolute atomic E-state index is 13.1. The number of hydrogen-bond acceptors (Lipinski definition) is 5. The maximum Gasteiger partial charge on any atom is 0.407 e. The average molecular weight is 425 g/mol. The van der Waals surface area contributed by atoms with E-state index in [0.717, 1.165) is 12.8 Å². The molecule has 9 heteroatoms. The Morgan fingerprint density at radius 2 is 2.04 bits per heavy atom. The Labute approximate surface area is 173 Å². The third kappa shape index (κ3) is 4.64. The number of halogens is 2. The highest BCUT2D eigenvalue weighted by molar-refractivity contribution is 6.37. The zero-order valence-corrected chi connectivity index (χ0v) is 17.5. The van der Waals surface area contributed by atoms with Gasteiger partial charge in [0.1, 0.15) is 17.1 Å². The van der Waals surface area contributed by atoms with Gasteiger partial charge in [-0.2, -0.15) is 0 Å². The molecule has 1 aliphatic rings. The molecule has 28 heavy (non-hydrogen) atoms. The predicted molar refractivity (Wildman–Crippen MR) is 108 cm³/mol. The molecule has 0 aliphatic carbocycles. The number of ether oxygens (including phenoxy) is 1. The number of fused-ring (bicyclic) bond motifs is 1. The van der Waals surface area contributed by atoms with E-state index >= 15 is 0 Å².